The lowest BCUT2D eigenvalue weighted by Gasteiger charge is -2.14. The quantitative estimate of drug-likeness (QED) is 0.458. The first kappa shape index (κ1) is 18.1. The van der Waals surface area contributed by atoms with Crippen LogP contribution in [0.5, 0.6) is 0 Å². The van der Waals surface area contributed by atoms with Gasteiger partial charge in [0, 0.05) is 10.6 Å². The van der Waals surface area contributed by atoms with E-state index < -0.39 is 11.4 Å². The van der Waals surface area contributed by atoms with E-state index in [1.54, 1.807) is 11.8 Å². The van der Waals surface area contributed by atoms with Crippen molar-refractivity contribution in [3.63, 3.8) is 0 Å². The summed E-state index contributed by atoms with van der Waals surface area (Å²) in [6, 6.07) is 13.6. The third-order valence-electron chi connectivity index (χ3n) is 3.97. The summed E-state index contributed by atoms with van der Waals surface area (Å²) in [5, 5.41) is 4.26. The van der Waals surface area contributed by atoms with Crippen LogP contribution >= 0.6 is 23.4 Å². The molecule has 24 heavy (non-hydrogen) atoms. The molecule has 1 atom stereocenters. The molecule has 1 unspecified atom stereocenters. The molecule has 0 amide bonds. The van der Waals surface area contributed by atoms with E-state index in [0.717, 1.165) is 41.6 Å². The molecule has 1 aliphatic heterocycles. The zero-order valence-corrected chi connectivity index (χ0v) is 15.8. The molecule has 3 nitrogen and oxygen atoms in total. The Balaban J connectivity index is 1.57. The minimum absolute atomic E-state index is 0.671. The zero-order chi connectivity index (χ0) is 16.8. The minimum atomic E-state index is -1.16. The molecule has 2 N–H and O–H groups in total. The molecule has 0 aliphatic carbocycles. The Labute approximate surface area is 155 Å². The molecule has 6 heteroatoms. The standard InChI is InChI=1S/C18H21ClN2OS2/c19-17-7-6-14-8-10-20-11-9-16(14)18(17)23-13-12-21-24(22)15-4-2-1-3-5-15/h1-7,20-21H,8-13H2. The largest absolute Gasteiger partial charge is 0.593 e. The molecule has 2 aromatic carbocycles. The van der Waals surface area contributed by atoms with Crippen LogP contribution in [0.25, 0.3) is 0 Å². The Morgan fingerprint density at radius 3 is 2.75 bits per heavy atom. The summed E-state index contributed by atoms with van der Waals surface area (Å²) in [4.78, 5) is 1.99. The van der Waals surface area contributed by atoms with Crippen LogP contribution in [0.15, 0.2) is 52.3 Å². The van der Waals surface area contributed by atoms with Gasteiger partial charge in [-0.3, -0.25) is 0 Å². The first-order valence-corrected chi connectivity index (χ1v) is 10.6. The van der Waals surface area contributed by atoms with Crippen molar-refractivity contribution in [3.8, 4) is 0 Å². The van der Waals surface area contributed by atoms with Gasteiger partial charge in [0.05, 0.1) is 22.9 Å². The van der Waals surface area contributed by atoms with Gasteiger partial charge in [0.1, 0.15) is 0 Å². The van der Waals surface area contributed by atoms with Crippen molar-refractivity contribution in [3.05, 3.63) is 58.6 Å². The summed E-state index contributed by atoms with van der Waals surface area (Å²) >= 11 is 7.02. The molecular formula is C18H21ClN2OS2. The Kier molecular flexibility index (Phi) is 6.89. The van der Waals surface area contributed by atoms with Crippen molar-refractivity contribution in [2.24, 2.45) is 0 Å². The number of rotatable bonds is 6. The third kappa shape index (κ3) is 4.69. The molecule has 0 bridgehead atoms. The van der Waals surface area contributed by atoms with Gasteiger partial charge in [0.25, 0.3) is 0 Å². The number of hydrogen-bond acceptors (Lipinski definition) is 4. The van der Waals surface area contributed by atoms with Crippen molar-refractivity contribution < 1.29 is 4.55 Å². The number of hydrogen-bond donors (Lipinski definition) is 2. The fourth-order valence-electron chi connectivity index (χ4n) is 2.78. The number of halogens is 1. The van der Waals surface area contributed by atoms with E-state index in [4.69, 9.17) is 11.6 Å². The minimum Gasteiger partial charge on any atom is -0.593 e. The molecular weight excluding hydrogens is 360 g/mol. The molecule has 1 aliphatic rings. The fourth-order valence-corrected chi connectivity index (χ4v) is 5.13. The fraction of sp³-hybridized carbons (Fsp3) is 0.333. The van der Waals surface area contributed by atoms with Gasteiger partial charge in [-0.25, -0.2) is 0 Å². The number of nitrogens with one attached hydrogen (secondary N) is 2. The van der Waals surface area contributed by atoms with E-state index in [2.05, 4.69) is 16.1 Å². The SMILES string of the molecule is [O-][S+](NCCSc1c(Cl)ccc2c1CCNCC2)c1ccccc1. The predicted octanol–water partition coefficient (Wildman–Crippen LogP) is 3.43. The Morgan fingerprint density at radius 1 is 1.12 bits per heavy atom. The van der Waals surface area contributed by atoms with Gasteiger partial charge in [-0.1, -0.05) is 35.9 Å². The molecule has 3 rings (SSSR count). The normalized spacial score (nSPS) is 15.6. The summed E-state index contributed by atoms with van der Waals surface area (Å²) in [5.41, 5.74) is 2.77. The second-order valence-electron chi connectivity index (χ2n) is 5.59. The molecule has 128 valence electrons. The molecule has 0 aromatic heterocycles. The summed E-state index contributed by atoms with van der Waals surface area (Å²) in [7, 11) is 0. The van der Waals surface area contributed by atoms with Crippen molar-refractivity contribution in [2.75, 3.05) is 25.4 Å². The lowest BCUT2D eigenvalue weighted by Crippen LogP contribution is -2.26. The summed E-state index contributed by atoms with van der Waals surface area (Å²) < 4.78 is 15.2. The predicted molar refractivity (Wildman–Crippen MR) is 103 cm³/mol. The number of benzene rings is 2. The van der Waals surface area contributed by atoms with Crippen LogP contribution in [0.4, 0.5) is 0 Å². The smallest absolute Gasteiger partial charge is 0.173 e. The van der Waals surface area contributed by atoms with E-state index in [0.29, 0.717) is 6.54 Å². The molecule has 0 spiro atoms. The highest BCUT2D eigenvalue weighted by molar-refractivity contribution is 7.99. The first-order valence-electron chi connectivity index (χ1n) is 8.10. The zero-order valence-electron chi connectivity index (χ0n) is 13.4. The van der Waals surface area contributed by atoms with Crippen LogP contribution in [0.2, 0.25) is 5.02 Å². The van der Waals surface area contributed by atoms with Crippen molar-refractivity contribution in [2.45, 2.75) is 22.6 Å². The number of thioether (sulfide) groups is 1. The highest BCUT2D eigenvalue weighted by Gasteiger charge is 2.16. The van der Waals surface area contributed by atoms with Crippen LogP contribution < -0.4 is 10.0 Å². The van der Waals surface area contributed by atoms with Crippen LogP contribution in [-0.2, 0) is 24.2 Å². The van der Waals surface area contributed by atoms with Gasteiger partial charge in [-0.05, 0) is 55.3 Å². The molecule has 0 saturated heterocycles. The van der Waals surface area contributed by atoms with E-state index in [1.165, 1.54) is 16.0 Å². The molecule has 0 radical (unpaired) electrons. The Hall–Kier alpha value is -0.690. The van der Waals surface area contributed by atoms with Crippen LogP contribution in [0, 0.1) is 0 Å². The highest BCUT2D eigenvalue weighted by Crippen LogP contribution is 2.34. The van der Waals surface area contributed by atoms with Gasteiger partial charge in [-0.15, -0.1) is 16.5 Å². The monoisotopic (exact) mass is 380 g/mol. The second kappa shape index (κ2) is 9.13. The van der Waals surface area contributed by atoms with Crippen LogP contribution in [-0.4, -0.2) is 29.9 Å². The number of fused-ring (bicyclic) bond motifs is 1. The maximum Gasteiger partial charge on any atom is 0.173 e. The first-order chi connectivity index (χ1) is 11.8. The summed E-state index contributed by atoms with van der Waals surface area (Å²) in [5.74, 6) is 0.835. The van der Waals surface area contributed by atoms with E-state index in [9.17, 15) is 4.55 Å². The van der Waals surface area contributed by atoms with Gasteiger partial charge in [0.15, 0.2) is 4.90 Å². The molecule has 0 fully saturated rings. The van der Waals surface area contributed by atoms with Gasteiger partial charge >= 0.3 is 0 Å². The van der Waals surface area contributed by atoms with Crippen molar-refractivity contribution in [1.82, 2.24) is 10.0 Å². The Morgan fingerprint density at radius 2 is 1.92 bits per heavy atom. The second-order valence-corrected chi connectivity index (χ2v) is 8.40. The van der Waals surface area contributed by atoms with Crippen LogP contribution in [0.3, 0.4) is 0 Å². The van der Waals surface area contributed by atoms with Crippen LogP contribution in [0.1, 0.15) is 11.1 Å². The molecule has 2 aromatic rings. The van der Waals surface area contributed by atoms with Gasteiger partial charge in [0.2, 0.25) is 0 Å². The maximum absolute atomic E-state index is 12.2. The molecule has 0 saturated carbocycles. The summed E-state index contributed by atoms with van der Waals surface area (Å²) in [6.45, 7) is 2.69. The van der Waals surface area contributed by atoms with Gasteiger partial charge < -0.3 is 9.87 Å². The summed E-state index contributed by atoms with van der Waals surface area (Å²) in [6.07, 6.45) is 2.07. The lowest BCUT2D eigenvalue weighted by atomic mass is 10.0. The topological polar surface area (TPSA) is 47.1 Å². The van der Waals surface area contributed by atoms with Crippen molar-refractivity contribution >= 4 is 34.7 Å². The average Bonchev–Trinajstić information content (AvgIpc) is 2.86. The molecule has 1 heterocycles. The Bertz CT molecular complexity index is 670. The van der Waals surface area contributed by atoms with E-state index in [-0.39, 0.29) is 0 Å². The maximum atomic E-state index is 12.2. The van der Waals surface area contributed by atoms with Crippen molar-refractivity contribution in [1.29, 1.82) is 0 Å². The van der Waals surface area contributed by atoms with Gasteiger partial charge in [-0.2, -0.15) is 0 Å². The highest BCUT2D eigenvalue weighted by atomic mass is 35.5. The van der Waals surface area contributed by atoms with E-state index >= 15 is 0 Å². The lowest BCUT2D eigenvalue weighted by molar-refractivity contribution is 0.583. The average molecular weight is 381 g/mol. The third-order valence-corrected chi connectivity index (χ3v) is 6.73. The van der Waals surface area contributed by atoms with E-state index in [1.807, 2.05) is 36.4 Å².